The van der Waals surface area contributed by atoms with Crippen molar-refractivity contribution in [1.82, 2.24) is 10.1 Å². The molecule has 6 nitrogen and oxygen atoms in total. The summed E-state index contributed by atoms with van der Waals surface area (Å²) in [5.41, 5.74) is 0.595. The van der Waals surface area contributed by atoms with Crippen molar-refractivity contribution in [2.75, 3.05) is 18.4 Å². The maximum atomic E-state index is 13.1. The third-order valence-electron chi connectivity index (χ3n) is 3.93. The molecule has 1 heterocycles. The van der Waals surface area contributed by atoms with Crippen molar-refractivity contribution in [3.63, 3.8) is 0 Å². The summed E-state index contributed by atoms with van der Waals surface area (Å²) in [6.07, 6.45) is 1.38. The second-order valence-corrected chi connectivity index (χ2v) is 6.54. The highest BCUT2D eigenvalue weighted by Gasteiger charge is 2.21. The quantitative estimate of drug-likeness (QED) is 0.737. The Labute approximate surface area is 151 Å². The molecule has 0 bridgehead atoms. The van der Waals surface area contributed by atoms with Gasteiger partial charge in [-0.15, -0.1) is 0 Å². The molecule has 0 radical (unpaired) electrons. The van der Waals surface area contributed by atoms with Crippen LogP contribution in [0.4, 0.5) is 5.82 Å². The van der Waals surface area contributed by atoms with Crippen molar-refractivity contribution in [2.45, 2.75) is 13.8 Å². The number of benzene rings is 2. The highest BCUT2D eigenvalue weighted by molar-refractivity contribution is 6.08. The predicted octanol–water partition coefficient (Wildman–Crippen LogP) is 3.56. The number of nitrogens with one attached hydrogen (secondary N) is 1. The predicted molar refractivity (Wildman–Crippen MR) is 99.8 cm³/mol. The molecule has 2 aromatic carbocycles. The van der Waals surface area contributed by atoms with Crippen LogP contribution in [0.1, 0.15) is 24.2 Å². The van der Waals surface area contributed by atoms with Crippen LogP contribution in [0.2, 0.25) is 0 Å². The fraction of sp³-hybridized carbons (Fsp3) is 0.250. The van der Waals surface area contributed by atoms with Crippen LogP contribution in [0.3, 0.4) is 0 Å². The number of hydrogen-bond donors (Lipinski definition) is 1. The number of amides is 2. The molecule has 0 spiro atoms. The first-order chi connectivity index (χ1) is 12.5. The van der Waals surface area contributed by atoms with Crippen LogP contribution in [0, 0.1) is 5.92 Å². The zero-order valence-corrected chi connectivity index (χ0v) is 14.8. The van der Waals surface area contributed by atoms with Gasteiger partial charge in [0.15, 0.2) is 5.82 Å². The summed E-state index contributed by atoms with van der Waals surface area (Å²) < 4.78 is 4.70. The highest BCUT2D eigenvalue weighted by Crippen LogP contribution is 2.20. The average molecular weight is 351 g/mol. The lowest BCUT2D eigenvalue weighted by Crippen LogP contribution is -2.40. The van der Waals surface area contributed by atoms with Crippen LogP contribution in [0.15, 0.2) is 59.3 Å². The smallest absolute Gasteiger partial charge is 0.254 e. The fourth-order valence-corrected chi connectivity index (χ4v) is 2.88. The van der Waals surface area contributed by atoms with Gasteiger partial charge in [-0.3, -0.25) is 9.59 Å². The van der Waals surface area contributed by atoms with Crippen LogP contribution in [-0.4, -0.2) is 35.0 Å². The molecule has 1 aromatic heterocycles. The van der Waals surface area contributed by atoms with Crippen molar-refractivity contribution in [2.24, 2.45) is 5.92 Å². The molecule has 0 unspecified atom stereocenters. The maximum absolute atomic E-state index is 13.1. The fourth-order valence-electron chi connectivity index (χ4n) is 2.88. The Balaban J connectivity index is 1.84. The van der Waals surface area contributed by atoms with E-state index < -0.39 is 0 Å². The Hall–Kier alpha value is -3.15. The molecule has 134 valence electrons. The largest absolute Gasteiger partial charge is 0.363 e. The first-order valence-corrected chi connectivity index (χ1v) is 8.52. The third kappa shape index (κ3) is 4.08. The molecule has 0 aliphatic heterocycles. The number of anilines is 1. The highest BCUT2D eigenvalue weighted by atomic mass is 16.5. The van der Waals surface area contributed by atoms with E-state index in [4.69, 9.17) is 4.52 Å². The zero-order chi connectivity index (χ0) is 18.5. The number of fused-ring (bicyclic) bond motifs is 1. The Morgan fingerprint density at radius 3 is 2.62 bits per heavy atom. The van der Waals surface area contributed by atoms with Crippen molar-refractivity contribution >= 4 is 28.4 Å². The zero-order valence-electron chi connectivity index (χ0n) is 14.8. The van der Waals surface area contributed by atoms with Crippen LogP contribution in [0.5, 0.6) is 0 Å². The van der Waals surface area contributed by atoms with Crippen LogP contribution >= 0.6 is 0 Å². The number of rotatable bonds is 6. The first-order valence-electron chi connectivity index (χ1n) is 8.52. The topological polar surface area (TPSA) is 75.4 Å². The number of hydrogen-bond acceptors (Lipinski definition) is 4. The molecular formula is C20H21N3O3. The van der Waals surface area contributed by atoms with Crippen LogP contribution in [-0.2, 0) is 4.79 Å². The Morgan fingerprint density at radius 1 is 1.12 bits per heavy atom. The van der Waals surface area contributed by atoms with Crippen LogP contribution < -0.4 is 5.32 Å². The van der Waals surface area contributed by atoms with E-state index in [-0.39, 0.29) is 24.3 Å². The molecule has 0 aliphatic rings. The van der Waals surface area contributed by atoms with Crippen molar-refractivity contribution in [1.29, 1.82) is 0 Å². The van der Waals surface area contributed by atoms with E-state index in [1.807, 2.05) is 50.2 Å². The molecule has 0 aliphatic carbocycles. The number of aromatic nitrogens is 1. The van der Waals surface area contributed by atoms with Gasteiger partial charge in [-0.05, 0) is 22.8 Å². The van der Waals surface area contributed by atoms with E-state index in [1.54, 1.807) is 17.0 Å². The second kappa shape index (κ2) is 7.82. The first kappa shape index (κ1) is 17.7. The number of carbonyl (C=O) groups excluding carboxylic acids is 2. The van der Waals surface area contributed by atoms with Gasteiger partial charge in [0, 0.05) is 18.2 Å². The molecule has 2 amide bonds. The van der Waals surface area contributed by atoms with Gasteiger partial charge in [-0.1, -0.05) is 55.4 Å². The van der Waals surface area contributed by atoms with E-state index in [2.05, 4.69) is 10.5 Å². The van der Waals surface area contributed by atoms with Gasteiger partial charge in [-0.2, -0.15) is 0 Å². The van der Waals surface area contributed by atoms with E-state index in [0.717, 1.165) is 10.8 Å². The monoisotopic (exact) mass is 351 g/mol. The summed E-state index contributed by atoms with van der Waals surface area (Å²) >= 11 is 0. The maximum Gasteiger partial charge on any atom is 0.254 e. The van der Waals surface area contributed by atoms with Gasteiger partial charge in [0.05, 0.1) is 0 Å². The molecule has 0 saturated carbocycles. The Bertz CT molecular complexity index is 898. The van der Waals surface area contributed by atoms with E-state index in [0.29, 0.717) is 17.9 Å². The molecular weight excluding hydrogens is 330 g/mol. The lowest BCUT2D eigenvalue weighted by Gasteiger charge is -2.24. The molecule has 26 heavy (non-hydrogen) atoms. The number of nitrogens with zero attached hydrogens (tertiary/aromatic N) is 2. The van der Waals surface area contributed by atoms with Gasteiger partial charge in [0.1, 0.15) is 12.8 Å². The molecule has 0 saturated heterocycles. The summed E-state index contributed by atoms with van der Waals surface area (Å²) in [4.78, 5) is 27.0. The van der Waals surface area contributed by atoms with E-state index in [9.17, 15) is 9.59 Å². The van der Waals surface area contributed by atoms with Gasteiger partial charge in [0.25, 0.3) is 5.91 Å². The minimum Gasteiger partial charge on any atom is -0.363 e. The normalized spacial score (nSPS) is 10.9. The van der Waals surface area contributed by atoms with Gasteiger partial charge >= 0.3 is 0 Å². The molecule has 0 atom stereocenters. The standard InChI is InChI=1S/C20H21N3O3/c1-14(2)12-23(13-19(24)21-18-10-11-26-22-18)20(25)17-9-5-7-15-6-3-4-8-16(15)17/h3-11,14H,12-13H2,1-2H3,(H,21,22,24). The van der Waals surface area contributed by atoms with Gasteiger partial charge in [0.2, 0.25) is 5.91 Å². The van der Waals surface area contributed by atoms with E-state index >= 15 is 0 Å². The SMILES string of the molecule is CC(C)CN(CC(=O)Nc1ccon1)C(=O)c1cccc2ccccc12. The summed E-state index contributed by atoms with van der Waals surface area (Å²) in [6, 6.07) is 14.9. The van der Waals surface area contributed by atoms with Gasteiger partial charge in [-0.25, -0.2) is 0 Å². The summed E-state index contributed by atoms with van der Waals surface area (Å²) in [5, 5.41) is 8.16. The molecule has 6 heteroatoms. The molecule has 3 aromatic rings. The van der Waals surface area contributed by atoms with Gasteiger partial charge < -0.3 is 14.7 Å². The molecule has 1 N–H and O–H groups in total. The number of carbonyl (C=O) groups is 2. The van der Waals surface area contributed by atoms with Crippen molar-refractivity contribution in [3.05, 3.63) is 60.4 Å². The van der Waals surface area contributed by atoms with Crippen molar-refractivity contribution in [3.8, 4) is 0 Å². The lowest BCUT2D eigenvalue weighted by molar-refractivity contribution is -0.117. The third-order valence-corrected chi connectivity index (χ3v) is 3.93. The van der Waals surface area contributed by atoms with Crippen LogP contribution in [0.25, 0.3) is 10.8 Å². The second-order valence-electron chi connectivity index (χ2n) is 6.54. The minimum atomic E-state index is -0.312. The summed E-state index contributed by atoms with van der Waals surface area (Å²) in [6.45, 7) is 4.46. The summed E-state index contributed by atoms with van der Waals surface area (Å²) in [5.74, 6) is 0.0878. The molecule has 3 rings (SSSR count). The minimum absolute atomic E-state index is 0.0485. The van der Waals surface area contributed by atoms with E-state index in [1.165, 1.54) is 6.26 Å². The Morgan fingerprint density at radius 2 is 1.88 bits per heavy atom. The summed E-state index contributed by atoms with van der Waals surface area (Å²) in [7, 11) is 0. The lowest BCUT2D eigenvalue weighted by atomic mass is 10.0. The Kier molecular flexibility index (Phi) is 5.31. The molecule has 0 fully saturated rings. The average Bonchev–Trinajstić information content (AvgIpc) is 3.12. The van der Waals surface area contributed by atoms with Crippen molar-refractivity contribution < 1.29 is 14.1 Å².